The van der Waals surface area contributed by atoms with Crippen LogP contribution in [0.15, 0.2) is 29.2 Å². The lowest BCUT2D eigenvalue weighted by atomic mass is 10.0. The van der Waals surface area contributed by atoms with Gasteiger partial charge in [-0.1, -0.05) is 11.6 Å². The molecule has 0 spiro atoms. The number of ether oxygens (including phenoxy) is 1. The summed E-state index contributed by atoms with van der Waals surface area (Å²) in [6.07, 6.45) is 2.80. The van der Waals surface area contributed by atoms with E-state index < -0.39 is 24.1 Å². The third-order valence-electron chi connectivity index (χ3n) is 5.92. The summed E-state index contributed by atoms with van der Waals surface area (Å²) >= 11 is 12.1. The fraction of sp³-hybridized carbons (Fsp3) is 0.409. The summed E-state index contributed by atoms with van der Waals surface area (Å²) in [7, 11) is 0. The molecule has 7 nitrogen and oxygen atoms in total. The summed E-state index contributed by atoms with van der Waals surface area (Å²) in [5.74, 6) is -3.08. The molecule has 11 heteroatoms. The van der Waals surface area contributed by atoms with E-state index in [0.29, 0.717) is 35.2 Å². The lowest BCUT2D eigenvalue weighted by Gasteiger charge is -2.25. The fourth-order valence-electron chi connectivity index (χ4n) is 4.24. The Morgan fingerprint density at radius 1 is 1.30 bits per heavy atom. The average molecular weight is 496 g/mol. The van der Waals surface area contributed by atoms with Crippen LogP contribution in [0.1, 0.15) is 32.7 Å². The van der Waals surface area contributed by atoms with Crippen molar-refractivity contribution < 1.29 is 13.5 Å². The van der Waals surface area contributed by atoms with Crippen LogP contribution < -0.4 is 20.9 Å². The number of pyridine rings is 1. The maximum absolute atomic E-state index is 14.9. The van der Waals surface area contributed by atoms with Gasteiger partial charge in [0.1, 0.15) is 5.02 Å². The fourth-order valence-corrected chi connectivity index (χ4v) is 4.52. The second kappa shape index (κ2) is 7.99. The second-order valence-electron chi connectivity index (χ2n) is 8.67. The minimum atomic E-state index is -3.11. The molecule has 1 saturated carbocycles. The van der Waals surface area contributed by atoms with Gasteiger partial charge < -0.3 is 19.9 Å². The van der Waals surface area contributed by atoms with E-state index in [1.54, 1.807) is 22.8 Å². The summed E-state index contributed by atoms with van der Waals surface area (Å²) < 4.78 is 36.8. The maximum atomic E-state index is 14.9. The Bertz CT molecular complexity index is 1310. The number of hydrogen-bond donors (Lipinski definition) is 2. The zero-order valence-corrected chi connectivity index (χ0v) is 19.3. The number of rotatable bonds is 4. The van der Waals surface area contributed by atoms with Gasteiger partial charge in [0.25, 0.3) is 5.56 Å². The van der Waals surface area contributed by atoms with Gasteiger partial charge in [0.05, 0.1) is 23.4 Å². The molecule has 1 aliphatic heterocycles. The monoisotopic (exact) mass is 495 g/mol. The highest BCUT2D eigenvalue weighted by atomic mass is 35.5. The summed E-state index contributed by atoms with van der Waals surface area (Å²) in [5.41, 5.74) is 1.01. The highest BCUT2D eigenvalue weighted by molar-refractivity contribution is 6.33. The van der Waals surface area contributed by atoms with Gasteiger partial charge in [0.15, 0.2) is 12.4 Å². The molecule has 1 aliphatic carbocycles. The van der Waals surface area contributed by atoms with Crippen molar-refractivity contribution in [1.82, 2.24) is 14.5 Å². The average Bonchev–Trinajstić information content (AvgIpc) is 3.58. The van der Waals surface area contributed by atoms with E-state index in [4.69, 9.17) is 27.9 Å². The summed E-state index contributed by atoms with van der Waals surface area (Å²) in [6, 6.07) is 3.94. The van der Waals surface area contributed by atoms with Crippen LogP contribution in [0.3, 0.4) is 0 Å². The van der Waals surface area contributed by atoms with Gasteiger partial charge >= 0.3 is 5.92 Å². The van der Waals surface area contributed by atoms with Crippen LogP contribution >= 0.6 is 23.2 Å². The first-order valence-corrected chi connectivity index (χ1v) is 11.4. The van der Waals surface area contributed by atoms with E-state index in [-0.39, 0.29) is 33.7 Å². The van der Waals surface area contributed by atoms with Crippen LogP contribution in [0.4, 0.5) is 26.0 Å². The van der Waals surface area contributed by atoms with Crippen LogP contribution in [-0.2, 0) is 0 Å². The van der Waals surface area contributed by atoms with E-state index in [2.05, 4.69) is 20.6 Å². The van der Waals surface area contributed by atoms with Gasteiger partial charge in [-0.25, -0.2) is 13.8 Å². The molecule has 0 saturated heterocycles. The van der Waals surface area contributed by atoms with Gasteiger partial charge in [-0.05, 0) is 62.4 Å². The number of halogens is 4. The number of nitrogens with one attached hydrogen (secondary N) is 2. The highest BCUT2D eigenvalue weighted by Crippen LogP contribution is 2.46. The predicted octanol–water partition coefficient (Wildman–Crippen LogP) is 5.64. The molecule has 0 bridgehead atoms. The van der Waals surface area contributed by atoms with Crippen molar-refractivity contribution in [3.8, 4) is 5.75 Å². The summed E-state index contributed by atoms with van der Waals surface area (Å²) in [4.78, 5) is 21.2. The summed E-state index contributed by atoms with van der Waals surface area (Å²) in [6.45, 7) is 2.86. The van der Waals surface area contributed by atoms with Crippen molar-refractivity contribution in [2.24, 2.45) is 5.92 Å². The van der Waals surface area contributed by atoms with E-state index in [1.165, 1.54) is 6.20 Å². The molecule has 5 rings (SSSR count). The smallest absolute Gasteiger partial charge is 0.301 e. The number of fused-ring (bicyclic) bond motifs is 3. The lowest BCUT2D eigenvalue weighted by Crippen LogP contribution is -2.44. The SMILES string of the molecule is CC(C)n1c(=O)c2c(c3cc(Nc4nc(Cl)ncc4Cl)ccc31)N[C@@H](C1CC1)C(F)(F)CO2. The molecular weight excluding hydrogens is 475 g/mol. The summed E-state index contributed by atoms with van der Waals surface area (Å²) in [5, 5.41) is 6.93. The number of alkyl halides is 2. The minimum absolute atomic E-state index is 0.0229. The number of nitrogens with zero attached hydrogens (tertiary/aromatic N) is 3. The largest absolute Gasteiger partial charge is 0.480 e. The number of benzene rings is 1. The molecule has 0 amide bonds. The molecule has 3 heterocycles. The Balaban J connectivity index is 1.69. The number of hydrogen-bond acceptors (Lipinski definition) is 6. The van der Waals surface area contributed by atoms with Crippen molar-refractivity contribution in [2.75, 3.05) is 17.2 Å². The number of aromatic nitrogens is 3. The molecule has 1 atom stereocenters. The Morgan fingerprint density at radius 3 is 2.76 bits per heavy atom. The van der Waals surface area contributed by atoms with Crippen molar-refractivity contribution in [1.29, 1.82) is 0 Å². The van der Waals surface area contributed by atoms with Crippen molar-refractivity contribution in [3.63, 3.8) is 0 Å². The quantitative estimate of drug-likeness (QED) is 0.455. The normalized spacial score (nSPS) is 19.5. The van der Waals surface area contributed by atoms with E-state index in [0.717, 1.165) is 0 Å². The van der Waals surface area contributed by atoms with Gasteiger partial charge in [0, 0.05) is 17.1 Å². The molecule has 1 fully saturated rings. The van der Waals surface area contributed by atoms with Gasteiger partial charge in [-0.3, -0.25) is 4.79 Å². The van der Waals surface area contributed by atoms with Gasteiger partial charge in [-0.15, -0.1) is 0 Å². The van der Waals surface area contributed by atoms with Crippen molar-refractivity contribution in [2.45, 2.75) is 44.7 Å². The topological polar surface area (TPSA) is 81.1 Å². The van der Waals surface area contributed by atoms with Crippen LogP contribution in [0, 0.1) is 5.92 Å². The molecule has 2 aromatic heterocycles. The van der Waals surface area contributed by atoms with Gasteiger partial charge in [0.2, 0.25) is 11.0 Å². The Hall–Kier alpha value is -2.65. The standard InChI is InChI=1S/C22H21Cl2F2N5O2/c1-10(2)31-15-6-5-12(28-19-14(23)8-27-21(24)30-19)7-13(15)16-17(20(31)32)33-9-22(25,26)18(29-16)11-3-4-11/h5-8,10-11,18,29H,3-4,9H2,1-2H3,(H,27,28,30)/t18-/m0/s1. The van der Waals surface area contributed by atoms with E-state index >= 15 is 0 Å². The molecule has 174 valence electrons. The highest BCUT2D eigenvalue weighted by Gasteiger charge is 2.51. The van der Waals surface area contributed by atoms with Crippen molar-refractivity contribution >= 4 is 51.3 Å². The third-order valence-corrected chi connectivity index (χ3v) is 6.38. The minimum Gasteiger partial charge on any atom is -0.480 e. The Labute approximate surface area is 198 Å². The molecule has 2 aliphatic rings. The molecule has 0 unspecified atom stereocenters. The zero-order valence-electron chi connectivity index (χ0n) is 17.8. The molecule has 33 heavy (non-hydrogen) atoms. The number of anilines is 3. The first kappa shape index (κ1) is 22.2. The predicted molar refractivity (Wildman–Crippen MR) is 125 cm³/mol. The van der Waals surface area contributed by atoms with E-state index in [9.17, 15) is 13.6 Å². The van der Waals surface area contributed by atoms with Gasteiger partial charge in [-0.2, -0.15) is 4.98 Å². The van der Waals surface area contributed by atoms with Crippen LogP contribution in [0.5, 0.6) is 5.75 Å². The molecule has 2 N–H and O–H groups in total. The van der Waals surface area contributed by atoms with Crippen LogP contribution in [-0.4, -0.2) is 33.1 Å². The molecule has 1 aromatic carbocycles. The van der Waals surface area contributed by atoms with Crippen LogP contribution in [0.25, 0.3) is 10.9 Å². The third kappa shape index (κ3) is 3.97. The molecule has 3 aromatic rings. The zero-order chi connectivity index (χ0) is 23.5. The lowest BCUT2D eigenvalue weighted by molar-refractivity contribution is -0.0579. The first-order valence-electron chi connectivity index (χ1n) is 10.6. The van der Waals surface area contributed by atoms with E-state index in [1.807, 2.05) is 13.8 Å². The van der Waals surface area contributed by atoms with Crippen molar-refractivity contribution in [3.05, 3.63) is 45.1 Å². The Morgan fingerprint density at radius 2 is 2.06 bits per heavy atom. The van der Waals surface area contributed by atoms with Crippen LogP contribution in [0.2, 0.25) is 10.3 Å². The molecular formula is C22H21Cl2F2N5O2. The maximum Gasteiger partial charge on any atom is 0.301 e. The molecule has 0 radical (unpaired) electrons. The second-order valence-corrected chi connectivity index (χ2v) is 9.42. The first-order chi connectivity index (χ1) is 15.7. The Kier molecular flexibility index (Phi) is 5.36.